The number of benzene rings is 2. The normalized spacial score (nSPS) is 11.2. The van der Waals surface area contributed by atoms with E-state index in [4.69, 9.17) is 34.8 Å². The van der Waals surface area contributed by atoms with Gasteiger partial charge in [-0.15, -0.1) is 0 Å². The number of anilines is 2. The van der Waals surface area contributed by atoms with Crippen molar-refractivity contribution in [3.63, 3.8) is 0 Å². The standard InChI is InChI=1S/C14H8Cl3F3N2O/c15-7-1-3-11(17)12(5-7)22-13(23)21-8-2-4-10(16)9(6-8)14(18,19)20/h1-6H,(H2,21,22,23). The first-order valence-corrected chi connectivity index (χ1v) is 7.20. The second-order valence-electron chi connectivity index (χ2n) is 4.40. The lowest BCUT2D eigenvalue weighted by Crippen LogP contribution is -2.20. The average molecular weight is 384 g/mol. The van der Waals surface area contributed by atoms with Gasteiger partial charge in [0.05, 0.1) is 21.3 Å². The van der Waals surface area contributed by atoms with Crippen molar-refractivity contribution in [2.75, 3.05) is 10.6 Å². The van der Waals surface area contributed by atoms with Gasteiger partial charge in [-0.3, -0.25) is 0 Å². The molecule has 0 spiro atoms. The Morgan fingerprint density at radius 2 is 1.57 bits per heavy atom. The summed E-state index contributed by atoms with van der Waals surface area (Å²) in [4.78, 5) is 11.9. The van der Waals surface area contributed by atoms with Crippen LogP contribution in [0.3, 0.4) is 0 Å². The van der Waals surface area contributed by atoms with Crippen molar-refractivity contribution in [1.82, 2.24) is 0 Å². The van der Waals surface area contributed by atoms with Gasteiger partial charge in [-0.1, -0.05) is 34.8 Å². The highest BCUT2D eigenvalue weighted by Crippen LogP contribution is 2.36. The lowest BCUT2D eigenvalue weighted by molar-refractivity contribution is -0.137. The van der Waals surface area contributed by atoms with E-state index < -0.39 is 22.8 Å². The smallest absolute Gasteiger partial charge is 0.308 e. The molecule has 0 heterocycles. The second-order valence-corrected chi connectivity index (χ2v) is 5.65. The van der Waals surface area contributed by atoms with Crippen LogP contribution in [0.2, 0.25) is 15.1 Å². The van der Waals surface area contributed by atoms with Crippen LogP contribution in [0, 0.1) is 0 Å². The largest absolute Gasteiger partial charge is 0.417 e. The number of urea groups is 1. The zero-order valence-corrected chi connectivity index (χ0v) is 13.4. The summed E-state index contributed by atoms with van der Waals surface area (Å²) < 4.78 is 38.3. The highest BCUT2D eigenvalue weighted by Gasteiger charge is 2.33. The summed E-state index contributed by atoms with van der Waals surface area (Å²) >= 11 is 17.2. The van der Waals surface area contributed by atoms with Crippen LogP contribution in [-0.2, 0) is 6.18 Å². The number of carbonyl (C=O) groups excluding carboxylic acids is 1. The third-order valence-electron chi connectivity index (χ3n) is 2.71. The Kier molecular flexibility index (Phi) is 5.29. The molecule has 0 aliphatic carbocycles. The van der Waals surface area contributed by atoms with Crippen LogP contribution < -0.4 is 10.6 Å². The molecule has 3 nitrogen and oxygen atoms in total. The lowest BCUT2D eigenvalue weighted by atomic mass is 10.2. The van der Waals surface area contributed by atoms with Crippen LogP contribution in [0.4, 0.5) is 29.3 Å². The van der Waals surface area contributed by atoms with Gasteiger partial charge in [0, 0.05) is 10.7 Å². The molecular formula is C14H8Cl3F3N2O. The van der Waals surface area contributed by atoms with Crippen molar-refractivity contribution in [2.45, 2.75) is 6.18 Å². The number of rotatable bonds is 2. The van der Waals surface area contributed by atoms with E-state index in [1.165, 1.54) is 24.3 Å². The molecule has 0 radical (unpaired) electrons. The molecular weight excluding hydrogens is 376 g/mol. The van der Waals surface area contributed by atoms with Gasteiger partial charge >= 0.3 is 12.2 Å². The first kappa shape index (κ1) is 17.7. The Bertz CT molecular complexity index is 751. The summed E-state index contributed by atoms with van der Waals surface area (Å²) in [6.07, 6.45) is -4.62. The summed E-state index contributed by atoms with van der Waals surface area (Å²) in [6.45, 7) is 0. The van der Waals surface area contributed by atoms with E-state index in [9.17, 15) is 18.0 Å². The van der Waals surface area contributed by atoms with Crippen molar-refractivity contribution in [3.05, 3.63) is 57.0 Å². The fourth-order valence-corrected chi connectivity index (χ4v) is 2.26. The molecule has 2 rings (SSSR count). The molecule has 0 aromatic heterocycles. The summed E-state index contributed by atoms with van der Waals surface area (Å²) in [6, 6.07) is 6.67. The zero-order chi connectivity index (χ0) is 17.2. The van der Waals surface area contributed by atoms with E-state index in [0.717, 1.165) is 12.1 Å². The molecule has 0 aliphatic rings. The Balaban J connectivity index is 2.16. The van der Waals surface area contributed by atoms with Gasteiger partial charge in [0.1, 0.15) is 0 Å². The molecule has 9 heteroatoms. The molecule has 0 aliphatic heterocycles. The van der Waals surface area contributed by atoms with Gasteiger partial charge in [-0.2, -0.15) is 13.2 Å². The van der Waals surface area contributed by atoms with Gasteiger partial charge in [0.15, 0.2) is 0 Å². The number of halogens is 6. The van der Waals surface area contributed by atoms with Gasteiger partial charge in [0.2, 0.25) is 0 Å². The topological polar surface area (TPSA) is 41.1 Å². The Morgan fingerprint density at radius 3 is 2.22 bits per heavy atom. The van der Waals surface area contributed by atoms with Crippen LogP contribution in [-0.4, -0.2) is 6.03 Å². The highest BCUT2D eigenvalue weighted by molar-refractivity contribution is 6.35. The Hall–Kier alpha value is -1.63. The first-order valence-electron chi connectivity index (χ1n) is 6.06. The molecule has 0 saturated carbocycles. The predicted molar refractivity (Wildman–Crippen MR) is 85.6 cm³/mol. The van der Waals surface area contributed by atoms with Crippen molar-refractivity contribution < 1.29 is 18.0 Å². The van der Waals surface area contributed by atoms with Gasteiger partial charge in [-0.05, 0) is 36.4 Å². The molecule has 0 unspecified atom stereocenters. The molecule has 23 heavy (non-hydrogen) atoms. The minimum atomic E-state index is -4.62. The van der Waals surface area contributed by atoms with E-state index in [2.05, 4.69) is 10.6 Å². The molecule has 2 aromatic rings. The lowest BCUT2D eigenvalue weighted by Gasteiger charge is -2.13. The van der Waals surface area contributed by atoms with Crippen molar-refractivity contribution in [1.29, 1.82) is 0 Å². The number of carbonyl (C=O) groups is 1. The fraction of sp³-hybridized carbons (Fsp3) is 0.0714. The minimum Gasteiger partial charge on any atom is -0.308 e. The van der Waals surface area contributed by atoms with E-state index in [1.807, 2.05) is 0 Å². The van der Waals surface area contributed by atoms with E-state index in [-0.39, 0.29) is 16.4 Å². The van der Waals surface area contributed by atoms with Crippen molar-refractivity contribution >= 4 is 52.2 Å². The predicted octanol–water partition coefficient (Wildman–Crippen LogP) is 6.31. The maximum atomic E-state index is 12.8. The Morgan fingerprint density at radius 1 is 0.913 bits per heavy atom. The van der Waals surface area contributed by atoms with Gasteiger partial charge in [-0.25, -0.2) is 4.79 Å². The summed E-state index contributed by atoms with van der Waals surface area (Å²) in [5.41, 5.74) is -0.892. The molecule has 2 aromatic carbocycles. The molecule has 2 amide bonds. The van der Waals surface area contributed by atoms with Crippen molar-refractivity contribution in [2.24, 2.45) is 0 Å². The number of hydrogen-bond donors (Lipinski definition) is 2. The molecule has 2 N–H and O–H groups in total. The van der Waals surface area contributed by atoms with Crippen molar-refractivity contribution in [3.8, 4) is 0 Å². The number of amides is 2. The third-order valence-corrected chi connectivity index (χ3v) is 3.60. The molecule has 122 valence electrons. The third kappa shape index (κ3) is 4.67. The van der Waals surface area contributed by atoms with Crippen LogP contribution in [0.5, 0.6) is 0 Å². The van der Waals surface area contributed by atoms with Gasteiger partial charge in [0.25, 0.3) is 0 Å². The summed E-state index contributed by atoms with van der Waals surface area (Å²) in [7, 11) is 0. The van der Waals surface area contributed by atoms with E-state index >= 15 is 0 Å². The van der Waals surface area contributed by atoms with Crippen LogP contribution in [0.25, 0.3) is 0 Å². The quantitative estimate of drug-likeness (QED) is 0.627. The summed E-state index contributed by atoms with van der Waals surface area (Å²) in [5.74, 6) is 0. The maximum Gasteiger partial charge on any atom is 0.417 e. The molecule has 0 fully saturated rings. The van der Waals surface area contributed by atoms with E-state index in [1.54, 1.807) is 0 Å². The summed E-state index contributed by atoms with van der Waals surface area (Å²) in [5, 5.41) is 4.78. The number of nitrogens with one attached hydrogen (secondary N) is 2. The highest BCUT2D eigenvalue weighted by atomic mass is 35.5. The molecule has 0 atom stereocenters. The molecule has 0 saturated heterocycles. The monoisotopic (exact) mass is 382 g/mol. The zero-order valence-electron chi connectivity index (χ0n) is 11.1. The van der Waals surface area contributed by atoms with Crippen LogP contribution in [0.15, 0.2) is 36.4 Å². The number of hydrogen-bond acceptors (Lipinski definition) is 1. The minimum absolute atomic E-state index is 0.0719. The second kappa shape index (κ2) is 6.86. The van der Waals surface area contributed by atoms with Crippen LogP contribution >= 0.6 is 34.8 Å². The number of alkyl halides is 3. The maximum absolute atomic E-state index is 12.8. The molecule has 0 bridgehead atoms. The fourth-order valence-electron chi connectivity index (χ4n) is 1.70. The first-order chi connectivity index (χ1) is 10.7. The average Bonchev–Trinajstić information content (AvgIpc) is 2.44. The van der Waals surface area contributed by atoms with Gasteiger partial charge < -0.3 is 10.6 Å². The van der Waals surface area contributed by atoms with Crippen LogP contribution in [0.1, 0.15) is 5.56 Å². The SMILES string of the molecule is O=C(Nc1ccc(Cl)c(C(F)(F)F)c1)Nc1cc(Cl)ccc1Cl. The van der Waals surface area contributed by atoms with E-state index in [0.29, 0.717) is 5.02 Å². The Labute approximate surface area is 144 Å².